The fourth-order valence-corrected chi connectivity index (χ4v) is 6.84. The van der Waals surface area contributed by atoms with E-state index in [1.807, 2.05) is 35.7 Å². The Balaban J connectivity index is 1.95. The maximum Gasteiger partial charge on any atom is 0.162 e. The number of hydrogen-bond acceptors (Lipinski definition) is 7. The summed E-state index contributed by atoms with van der Waals surface area (Å²) >= 11 is 4.03. The van der Waals surface area contributed by atoms with Gasteiger partial charge in [0.1, 0.15) is 4.20 Å². The van der Waals surface area contributed by atoms with Crippen LogP contribution in [-0.4, -0.2) is 50.7 Å². The number of thioether (sulfide) groups is 2. The van der Waals surface area contributed by atoms with Crippen molar-refractivity contribution in [1.29, 1.82) is 0 Å². The first-order valence-corrected chi connectivity index (χ1v) is 12.4. The first-order chi connectivity index (χ1) is 15.0. The lowest BCUT2D eigenvalue weighted by Gasteiger charge is -2.45. The molecule has 0 bridgehead atoms. The van der Waals surface area contributed by atoms with Crippen molar-refractivity contribution >= 4 is 29.2 Å². The second kappa shape index (κ2) is 10.6. The Bertz CT molecular complexity index is 871. The third-order valence-electron chi connectivity index (χ3n) is 5.63. The van der Waals surface area contributed by atoms with Crippen molar-refractivity contribution in [2.75, 3.05) is 51.4 Å². The van der Waals surface area contributed by atoms with E-state index in [0.29, 0.717) is 0 Å². The fraction of sp³-hybridized carbons (Fsp3) is 0.500. The van der Waals surface area contributed by atoms with Crippen molar-refractivity contribution in [3.63, 3.8) is 0 Å². The summed E-state index contributed by atoms with van der Waals surface area (Å²) < 4.78 is 21.9. The average Bonchev–Trinajstić information content (AvgIpc) is 2.81. The van der Waals surface area contributed by atoms with Crippen LogP contribution < -0.4 is 23.8 Å². The van der Waals surface area contributed by atoms with Crippen LogP contribution in [0.2, 0.25) is 0 Å². The van der Waals surface area contributed by atoms with E-state index in [0.717, 1.165) is 46.7 Å². The highest BCUT2D eigenvalue weighted by molar-refractivity contribution is 8.18. The molecule has 1 aliphatic heterocycles. The van der Waals surface area contributed by atoms with E-state index >= 15 is 0 Å². The summed E-state index contributed by atoms with van der Waals surface area (Å²) in [5, 5.41) is 0. The van der Waals surface area contributed by atoms with Crippen LogP contribution in [-0.2, 0) is 0 Å². The number of rotatable bonds is 9. The van der Waals surface area contributed by atoms with Crippen LogP contribution in [0, 0.1) is 0 Å². The van der Waals surface area contributed by atoms with Gasteiger partial charge in [-0.25, -0.2) is 0 Å². The largest absolute Gasteiger partial charge is 0.493 e. The van der Waals surface area contributed by atoms with Crippen LogP contribution in [0.4, 0.5) is 5.69 Å². The van der Waals surface area contributed by atoms with Crippen molar-refractivity contribution in [2.24, 2.45) is 0 Å². The van der Waals surface area contributed by atoms with Crippen LogP contribution in [0.25, 0.3) is 0 Å². The van der Waals surface area contributed by atoms with Crippen LogP contribution in [0.1, 0.15) is 31.7 Å². The Labute approximate surface area is 194 Å². The minimum atomic E-state index is -0.0529. The molecular weight excluding hydrogens is 430 g/mol. The zero-order valence-electron chi connectivity index (χ0n) is 19.3. The van der Waals surface area contributed by atoms with Crippen molar-refractivity contribution in [3.8, 4) is 23.0 Å². The molecule has 1 unspecified atom stereocenters. The van der Waals surface area contributed by atoms with E-state index < -0.39 is 0 Å². The van der Waals surface area contributed by atoms with E-state index in [1.165, 1.54) is 12.0 Å². The predicted molar refractivity (Wildman–Crippen MR) is 133 cm³/mol. The smallest absolute Gasteiger partial charge is 0.162 e. The molecular formula is C24H33NO4S2. The van der Waals surface area contributed by atoms with Gasteiger partial charge in [0.05, 0.1) is 28.4 Å². The van der Waals surface area contributed by atoms with Gasteiger partial charge in [-0.2, -0.15) is 0 Å². The molecule has 7 heteroatoms. The molecule has 0 amide bonds. The Morgan fingerprint density at radius 2 is 1.39 bits per heavy atom. The molecule has 0 aliphatic carbocycles. The average molecular weight is 464 g/mol. The third kappa shape index (κ3) is 5.32. The van der Waals surface area contributed by atoms with Gasteiger partial charge in [-0.15, -0.1) is 23.5 Å². The molecule has 0 aromatic heterocycles. The summed E-state index contributed by atoms with van der Waals surface area (Å²) in [6.45, 7) is 5.46. The lowest BCUT2D eigenvalue weighted by molar-refractivity contribution is 0.354. The summed E-state index contributed by atoms with van der Waals surface area (Å²) in [5.74, 6) is 5.62. The molecule has 1 saturated heterocycles. The molecule has 1 heterocycles. The molecule has 0 saturated carbocycles. The predicted octanol–water partition coefficient (Wildman–Crippen LogP) is 5.87. The Kier molecular flexibility index (Phi) is 8.17. The van der Waals surface area contributed by atoms with Crippen molar-refractivity contribution in [1.82, 2.24) is 0 Å². The highest BCUT2D eigenvalue weighted by Gasteiger charge is 2.36. The van der Waals surface area contributed by atoms with Crippen molar-refractivity contribution < 1.29 is 18.9 Å². The number of hydrogen-bond donors (Lipinski definition) is 0. The summed E-state index contributed by atoms with van der Waals surface area (Å²) in [6, 6.07) is 12.4. The minimum absolute atomic E-state index is 0.0529. The molecule has 31 heavy (non-hydrogen) atoms. The molecule has 2 aromatic carbocycles. The maximum atomic E-state index is 5.60. The van der Waals surface area contributed by atoms with Gasteiger partial charge in [0.25, 0.3) is 0 Å². The molecule has 1 aliphatic rings. The standard InChI is InChI=1S/C24H33NO4S2/c1-17(18-8-10-20(26-3)22(14-18)28-5)16-25(24(2)30-12-7-13-31-24)19-9-11-21(27-4)23(15-19)29-6/h8-11,14-15,17H,7,12-13,16H2,1-6H3. The first kappa shape index (κ1) is 23.8. The van der Waals surface area contributed by atoms with Crippen LogP contribution in [0.5, 0.6) is 23.0 Å². The van der Waals surface area contributed by atoms with Gasteiger partial charge >= 0.3 is 0 Å². The summed E-state index contributed by atoms with van der Waals surface area (Å²) in [5.41, 5.74) is 2.35. The van der Waals surface area contributed by atoms with E-state index in [4.69, 9.17) is 18.9 Å². The van der Waals surface area contributed by atoms with Gasteiger partial charge in [0, 0.05) is 18.3 Å². The van der Waals surface area contributed by atoms with Crippen LogP contribution in [0.3, 0.4) is 0 Å². The van der Waals surface area contributed by atoms with Gasteiger partial charge in [0.15, 0.2) is 23.0 Å². The first-order valence-electron chi connectivity index (χ1n) is 10.4. The van der Waals surface area contributed by atoms with Crippen molar-refractivity contribution in [3.05, 3.63) is 42.0 Å². The number of anilines is 1. The van der Waals surface area contributed by atoms with E-state index in [1.54, 1.807) is 28.4 Å². The number of methoxy groups -OCH3 is 4. The Hall–Kier alpha value is -1.86. The van der Waals surface area contributed by atoms with E-state index in [-0.39, 0.29) is 10.1 Å². The van der Waals surface area contributed by atoms with Gasteiger partial charge in [-0.3, -0.25) is 0 Å². The van der Waals surface area contributed by atoms with E-state index in [2.05, 4.69) is 43.0 Å². The molecule has 0 N–H and O–H groups in total. The zero-order chi connectivity index (χ0) is 22.4. The molecule has 5 nitrogen and oxygen atoms in total. The molecule has 0 spiro atoms. The summed E-state index contributed by atoms with van der Waals surface area (Å²) in [6.07, 6.45) is 1.25. The molecule has 1 atom stereocenters. The number of benzene rings is 2. The van der Waals surface area contributed by atoms with Crippen LogP contribution >= 0.6 is 23.5 Å². The maximum absolute atomic E-state index is 5.60. The fourth-order valence-electron chi connectivity index (χ4n) is 3.82. The molecule has 170 valence electrons. The molecule has 2 aromatic rings. The Morgan fingerprint density at radius 1 is 0.839 bits per heavy atom. The van der Waals surface area contributed by atoms with Gasteiger partial charge in [-0.05, 0) is 60.6 Å². The summed E-state index contributed by atoms with van der Waals surface area (Å²) in [4.78, 5) is 2.50. The monoisotopic (exact) mass is 463 g/mol. The van der Waals surface area contributed by atoms with Crippen molar-refractivity contribution in [2.45, 2.75) is 30.4 Å². The second-order valence-corrected chi connectivity index (χ2v) is 10.9. The molecule has 1 fully saturated rings. The second-order valence-electron chi connectivity index (χ2n) is 7.61. The normalized spacial score (nSPS) is 16.3. The van der Waals surface area contributed by atoms with E-state index in [9.17, 15) is 0 Å². The number of nitrogens with zero attached hydrogens (tertiary/aromatic N) is 1. The SMILES string of the molecule is COc1ccc(C(C)CN(c2ccc(OC)c(OC)c2)C2(C)SCCCS2)cc1OC. The lowest BCUT2D eigenvalue weighted by Crippen LogP contribution is -2.45. The summed E-state index contributed by atoms with van der Waals surface area (Å²) in [7, 11) is 6.70. The topological polar surface area (TPSA) is 40.2 Å². The molecule has 3 rings (SSSR count). The zero-order valence-corrected chi connectivity index (χ0v) is 20.9. The third-order valence-corrected chi connectivity index (χ3v) is 8.84. The molecule has 0 radical (unpaired) electrons. The van der Waals surface area contributed by atoms with Gasteiger partial charge in [-0.1, -0.05) is 13.0 Å². The lowest BCUT2D eigenvalue weighted by atomic mass is 9.99. The number of ether oxygens (including phenoxy) is 4. The van der Waals surface area contributed by atoms with Crippen LogP contribution in [0.15, 0.2) is 36.4 Å². The highest BCUT2D eigenvalue weighted by atomic mass is 32.2. The van der Waals surface area contributed by atoms with Gasteiger partial charge < -0.3 is 23.8 Å². The van der Waals surface area contributed by atoms with Gasteiger partial charge in [0.2, 0.25) is 0 Å². The highest BCUT2D eigenvalue weighted by Crippen LogP contribution is 2.48. The minimum Gasteiger partial charge on any atom is -0.493 e. The Morgan fingerprint density at radius 3 is 1.97 bits per heavy atom. The quantitative estimate of drug-likeness (QED) is 0.460.